The van der Waals surface area contributed by atoms with Crippen LogP contribution in [0.3, 0.4) is 0 Å². The molecular formula is C10H8Cl3NaO7S. The van der Waals surface area contributed by atoms with Gasteiger partial charge in [-0.1, -0.05) is 34.8 Å². The summed E-state index contributed by atoms with van der Waals surface area (Å²) in [5, 5.41) is -2.10. The fraction of sp³-hybridized carbons (Fsp3) is 0.200. The van der Waals surface area contributed by atoms with Gasteiger partial charge in [0.2, 0.25) is 0 Å². The van der Waals surface area contributed by atoms with Crippen molar-refractivity contribution in [3.05, 3.63) is 26.2 Å². The van der Waals surface area contributed by atoms with E-state index in [-0.39, 0.29) is 31.0 Å². The summed E-state index contributed by atoms with van der Waals surface area (Å²) in [6, 6.07) is 0. The summed E-state index contributed by atoms with van der Waals surface area (Å²) in [5.41, 5.74) is -1.28. The van der Waals surface area contributed by atoms with E-state index in [4.69, 9.17) is 39.4 Å². The van der Waals surface area contributed by atoms with Crippen LogP contribution in [0, 0.1) is 0 Å². The average Bonchev–Trinajstić information content (AvgIpc) is 2.35. The maximum absolute atomic E-state index is 11.6. The summed E-state index contributed by atoms with van der Waals surface area (Å²) in [6.07, 6.45) is 0. The first kappa shape index (κ1) is 21.9. The van der Waals surface area contributed by atoms with Crippen LogP contribution in [0.4, 0.5) is 0 Å². The largest absolute Gasteiger partial charge is 1.00 e. The van der Waals surface area contributed by atoms with Gasteiger partial charge < -0.3 is 10.9 Å². The summed E-state index contributed by atoms with van der Waals surface area (Å²) in [4.78, 5) is 22.2. The van der Waals surface area contributed by atoms with Gasteiger partial charge in [-0.2, -0.15) is 8.42 Å². The van der Waals surface area contributed by atoms with E-state index < -0.39 is 53.1 Å². The fourth-order valence-corrected chi connectivity index (χ4v) is 3.69. The molecule has 0 aliphatic carbocycles. The van der Waals surface area contributed by atoms with E-state index in [1.165, 1.54) is 0 Å². The van der Waals surface area contributed by atoms with Crippen molar-refractivity contribution in [3.8, 4) is 0 Å². The Morgan fingerprint density at radius 3 is 1.50 bits per heavy atom. The number of carbonyl (C=O) groups excluding carboxylic acids is 2. The van der Waals surface area contributed by atoms with Crippen molar-refractivity contribution in [1.82, 2.24) is 0 Å². The minimum absolute atomic E-state index is 0. The maximum atomic E-state index is 11.6. The summed E-state index contributed by atoms with van der Waals surface area (Å²) in [6.45, 7) is 0. The number of hydrogen-bond acceptors (Lipinski definition) is 6. The molecule has 0 aliphatic heterocycles. The van der Waals surface area contributed by atoms with Gasteiger partial charge in [0, 0.05) is 0 Å². The topological polar surface area (TPSA) is 107 Å². The van der Waals surface area contributed by atoms with Gasteiger partial charge in [0.15, 0.2) is 0 Å². The first-order valence-corrected chi connectivity index (χ1v) is 7.49. The van der Waals surface area contributed by atoms with Crippen LogP contribution < -0.4 is 29.6 Å². The first-order chi connectivity index (χ1) is 9.57. The van der Waals surface area contributed by atoms with Crippen molar-refractivity contribution >= 4 is 56.9 Å². The summed E-state index contributed by atoms with van der Waals surface area (Å²) in [5.74, 6) is -2.26. The van der Waals surface area contributed by atoms with Gasteiger partial charge in [0.25, 0.3) is 10.1 Å². The molecule has 0 spiro atoms. The predicted molar refractivity (Wildman–Crippen MR) is 75.1 cm³/mol. The third-order valence-corrected chi connectivity index (χ3v) is 4.60. The molecule has 0 saturated carbocycles. The van der Waals surface area contributed by atoms with Crippen LogP contribution in [-0.2, 0) is 19.6 Å². The minimum atomic E-state index is -4.95. The SMILES string of the molecule is COC(=O)c1c(Cl)c(C(=O)OC)c(Cl)c(S(=O)(=O)O)c1Cl.[H-].[Na+]. The van der Waals surface area contributed by atoms with E-state index in [0.717, 1.165) is 14.2 Å². The number of rotatable bonds is 3. The Balaban J connectivity index is 0. The number of ether oxygens (including phenoxy) is 2. The number of halogens is 3. The maximum Gasteiger partial charge on any atom is 1.00 e. The second-order valence-corrected chi connectivity index (χ2v) is 5.97. The molecule has 1 rings (SSSR count). The van der Waals surface area contributed by atoms with E-state index in [1.54, 1.807) is 0 Å². The molecule has 0 heterocycles. The van der Waals surface area contributed by atoms with Gasteiger partial charge in [-0.3, -0.25) is 4.55 Å². The predicted octanol–water partition coefficient (Wildman–Crippen LogP) is -0.417. The van der Waals surface area contributed by atoms with E-state index in [2.05, 4.69) is 9.47 Å². The van der Waals surface area contributed by atoms with Crippen LogP contribution in [0.25, 0.3) is 0 Å². The molecular weight excluding hydrogens is 394 g/mol. The second kappa shape index (κ2) is 8.16. The van der Waals surface area contributed by atoms with E-state index in [9.17, 15) is 18.0 Å². The van der Waals surface area contributed by atoms with Crippen LogP contribution >= 0.6 is 34.8 Å². The van der Waals surface area contributed by atoms with Gasteiger partial charge in [-0.25, -0.2) is 9.59 Å². The molecule has 0 atom stereocenters. The molecule has 0 radical (unpaired) electrons. The third kappa shape index (κ3) is 4.07. The minimum Gasteiger partial charge on any atom is -1.00 e. The molecule has 7 nitrogen and oxygen atoms in total. The van der Waals surface area contributed by atoms with Crippen LogP contribution in [0.2, 0.25) is 15.1 Å². The number of hydrogen-bond donors (Lipinski definition) is 1. The Morgan fingerprint density at radius 1 is 0.955 bits per heavy atom. The standard InChI is InChI=1S/C10H7Cl3O7S.Na.H/c1-19-9(14)3-5(11)4(10(15)20-2)7(13)8(6(3)12)21(16,17)18;;/h1-2H3,(H,16,17,18);;/q;+1;-1. The van der Waals surface area contributed by atoms with Crippen LogP contribution in [0.15, 0.2) is 4.90 Å². The fourth-order valence-electron chi connectivity index (χ4n) is 1.43. The smallest absolute Gasteiger partial charge is 1.00 e. The molecule has 118 valence electrons. The zero-order chi connectivity index (χ0) is 16.5. The number of carbonyl (C=O) groups is 2. The van der Waals surface area contributed by atoms with Gasteiger partial charge in [-0.15, -0.1) is 0 Å². The molecule has 1 aromatic carbocycles. The number of methoxy groups -OCH3 is 2. The van der Waals surface area contributed by atoms with Gasteiger partial charge in [-0.05, 0) is 0 Å². The van der Waals surface area contributed by atoms with Crippen LogP contribution in [0.5, 0.6) is 0 Å². The zero-order valence-corrected chi connectivity index (χ0v) is 16.5. The molecule has 0 amide bonds. The molecule has 1 aromatic rings. The van der Waals surface area contributed by atoms with Crippen molar-refractivity contribution in [2.24, 2.45) is 0 Å². The van der Waals surface area contributed by atoms with Crippen LogP contribution in [-0.4, -0.2) is 39.1 Å². The first-order valence-electron chi connectivity index (χ1n) is 4.92. The normalized spacial score (nSPS) is 10.6. The van der Waals surface area contributed by atoms with E-state index in [1.807, 2.05) is 0 Å². The van der Waals surface area contributed by atoms with E-state index >= 15 is 0 Å². The van der Waals surface area contributed by atoms with Crippen molar-refractivity contribution in [3.63, 3.8) is 0 Å². The molecule has 0 saturated heterocycles. The number of benzene rings is 1. The summed E-state index contributed by atoms with van der Waals surface area (Å²) >= 11 is 17.3. The molecule has 0 fully saturated rings. The Kier molecular flexibility index (Phi) is 8.14. The van der Waals surface area contributed by atoms with Crippen molar-refractivity contribution in [2.75, 3.05) is 14.2 Å². The molecule has 0 aromatic heterocycles. The third-order valence-electron chi connectivity index (χ3n) is 2.31. The van der Waals surface area contributed by atoms with E-state index in [0.29, 0.717) is 0 Å². The molecule has 0 unspecified atom stereocenters. The van der Waals surface area contributed by atoms with Crippen molar-refractivity contribution in [1.29, 1.82) is 0 Å². The molecule has 22 heavy (non-hydrogen) atoms. The van der Waals surface area contributed by atoms with Gasteiger partial charge >= 0.3 is 41.5 Å². The Labute approximate surface area is 164 Å². The average molecular weight is 402 g/mol. The van der Waals surface area contributed by atoms with Crippen molar-refractivity contribution < 1.29 is 63.0 Å². The monoisotopic (exact) mass is 400 g/mol. The van der Waals surface area contributed by atoms with Gasteiger partial charge in [0.1, 0.15) is 4.90 Å². The molecule has 0 aliphatic rings. The Hall–Kier alpha value is -0.0600. The number of esters is 2. The summed E-state index contributed by atoms with van der Waals surface area (Å²) in [7, 11) is -2.99. The summed E-state index contributed by atoms with van der Waals surface area (Å²) < 4.78 is 40.6. The van der Waals surface area contributed by atoms with Gasteiger partial charge in [0.05, 0.1) is 40.4 Å². The Bertz CT molecular complexity index is 695. The second-order valence-electron chi connectivity index (χ2n) is 3.48. The Morgan fingerprint density at radius 2 is 1.27 bits per heavy atom. The van der Waals surface area contributed by atoms with Crippen molar-refractivity contribution in [2.45, 2.75) is 4.90 Å². The zero-order valence-electron chi connectivity index (χ0n) is 12.4. The molecule has 12 heteroatoms. The molecule has 0 bridgehead atoms. The van der Waals surface area contributed by atoms with Crippen LogP contribution in [0.1, 0.15) is 22.1 Å². The molecule has 1 N–H and O–H groups in total. The quantitative estimate of drug-likeness (QED) is 0.416.